The SMILES string of the molecule is Cc1cccc(CC2CCC3(CC2)CN(C(=O)C2CC(C)(O)C2)C3)c1. The minimum atomic E-state index is -0.600. The van der Waals surface area contributed by atoms with Crippen LogP contribution in [0.15, 0.2) is 24.3 Å². The summed E-state index contributed by atoms with van der Waals surface area (Å²) in [5.41, 5.74) is 2.64. The average molecular weight is 341 g/mol. The van der Waals surface area contributed by atoms with E-state index in [9.17, 15) is 9.90 Å². The van der Waals surface area contributed by atoms with E-state index in [0.717, 1.165) is 19.0 Å². The summed E-state index contributed by atoms with van der Waals surface area (Å²) in [6.07, 6.45) is 7.65. The minimum absolute atomic E-state index is 0.0741. The summed E-state index contributed by atoms with van der Waals surface area (Å²) in [7, 11) is 0. The Hall–Kier alpha value is -1.35. The van der Waals surface area contributed by atoms with Crippen LogP contribution >= 0.6 is 0 Å². The van der Waals surface area contributed by atoms with Crippen molar-refractivity contribution in [2.24, 2.45) is 17.3 Å². The molecule has 1 aromatic rings. The lowest BCUT2D eigenvalue weighted by atomic mass is 9.64. The number of hydrogen-bond acceptors (Lipinski definition) is 2. The maximum Gasteiger partial charge on any atom is 0.225 e. The topological polar surface area (TPSA) is 40.5 Å². The number of carbonyl (C=O) groups is 1. The molecule has 1 spiro atoms. The molecule has 2 aliphatic carbocycles. The summed E-state index contributed by atoms with van der Waals surface area (Å²) in [6, 6.07) is 8.92. The zero-order valence-corrected chi connectivity index (χ0v) is 15.6. The van der Waals surface area contributed by atoms with Crippen molar-refractivity contribution >= 4 is 5.91 Å². The molecule has 0 bridgehead atoms. The Labute approximate surface area is 151 Å². The van der Waals surface area contributed by atoms with E-state index in [-0.39, 0.29) is 5.92 Å². The van der Waals surface area contributed by atoms with Crippen LogP contribution in [0.5, 0.6) is 0 Å². The van der Waals surface area contributed by atoms with Crippen LogP contribution in [-0.4, -0.2) is 34.6 Å². The summed E-state index contributed by atoms with van der Waals surface area (Å²) < 4.78 is 0. The number of benzene rings is 1. The van der Waals surface area contributed by atoms with Gasteiger partial charge in [-0.3, -0.25) is 4.79 Å². The molecule has 136 valence electrons. The van der Waals surface area contributed by atoms with Crippen molar-refractivity contribution in [3.8, 4) is 0 Å². The van der Waals surface area contributed by atoms with Gasteiger partial charge in [-0.05, 0) is 70.3 Å². The quantitative estimate of drug-likeness (QED) is 0.910. The number of carbonyl (C=O) groups excluding carboxylic acids is 1. The van der Waals surface area contributed by atoms with Crippen LogP contribution in [0.2, 0.25) is 0 Å². The van der Waals surface area contributed by atoms with Crippen molar-refractivity contribution in [3.05, 3.63) is 35.4 Å². The fourth-order valence-electron chi connectivity index (χ4n) is 5.34. The van der Waals surface area contributed by atoms with Gasteiger partial charge in [0.15, 0.2) is 0 Å². The summed E-state index contributed by atoms with van der Waals surface area (Å²) in [5.74, 6) is 1.17. The Bertz CT molecular complexity index is 642. The number of hydrogen-bond donors (Lipinski definition) is 1. The van der Waals surface area contributed by atoms with Gasteiger partial charge in [0.05, 0.1) is 5.60 Å². The lowest BCUT2D eigenvalue weighted by Gasteiger charge is -2.55. The van der Waals surface area contributed by atoms with Gasteiger partial charge in [0.25, 0.3) is 0 Å². The van der Waals surface area contributed by atoms with Gasteiger partial charge in [-0.15, -0.1) is 0 Å². The molecule has 0 unspecified atom stereocenters. The summed E-state index contributed by atoms with van der Waals surface area (Å²) in [4.78, 5) is 14.5. The largest absolute Gasteiger partial charge is 0.390 e. The molecular weight excluding hydrogens is 310 g/mol. The van der Waals surface area contributed by atoms with Crippen LogP contribution in [-0.2, 0) is 11.2 Å². The Kier molecular flexibility index (Phi) is 4.18. The highest BCUT2D eigenvalue weighted by molar-refractivity contribution is 5.81. The molecule has 3 aliphatic rings. The van der Waals surface area contributed by atoms with Gasteiger partial charge in [-0.2, -0.15) is 0 Å². The zero-order chi connectivity index (χ0) is 17.7. The summed E-state index contributed by atoms with van der Waals surface area (Å²) in [5, 5.41) is 9.84. The van der Waals surface area contributed by atoms with E-state index in [0.29, 0.717) is 24.2 Å². The van der Waals surface area contributed by atoms with Gasteiger partial charge in [0, 0.05) is 24.4 Å². The minimum Gasteiger partial charge on any atom is -0.390 e. The molecule has 1 amide bonds. The van der Waals surface area contributed by atoms with Crippen molar-refractivity contribution in [1.29, 1.82) is 0 Å². The molecule has 3 nitrogen and oxygen atoms in total. The normalized spacial score (nSPS) is 31.5. The van der Waals surface area contributed by atoms with Crippen molar-refractivity contribution in [1.82, 2.24) is 4.90 Å². The third-order valence-corrected chi connectivity index (χ3v) is 6.86. The molecule has 1 aliphatic heterocycles. The highest BCUT2D eigenvalue weighted by Gasteiger charge is 2.51. The second-order valence-electron chi connectivity index (χ2n) is 9.43. The number of aliphatic hydroxyl groups is 1. The Morgan fingerprint density at radius 3 is 2.52 bits per heavy atom. The van der Waals surface area contributed by atoms with Crippen molar-refractivity contribution in [3.63, 3.8) is 0 Å². The summed E-state index contributed by atoms with van der Waals surface area (Å²) in [6.45, 7) is 5.92. The molecule has 4 rings (SSSR count). The molecule has 0 aromatic heterocycles. The number of rotatable bonds is 3. The third-order valence-electron chi connectivity index (χ3n) is 6.86. The van der Waals surface area contributed by atoms with Crippen LogP contribution < -0.4 is 0 Å². The number of amides is 1. The monoisotopic (exact) mass is 341 g/mol. The van der Waals surface area contributed by atoms with Gasteiger partial charge >= 0.3 is 0 Å². The maximum atomic E-state index is 12.5. The van der Waals surface area contributed by atoms with E-state index >= 15 is 0 Å². The Morgan fingerprint density at radius 1 is 1.24 bits per heavy atom. The fraction of sp³-hybridized carbons (Fsp3) is 0.682. The third kappa shape index (κ3) is 3.48. The van der Waals surface area contributed by atoms with E-state index in [2.05, 4.69) is 36.1 Å². The number of aryl methyl sites for hydroxylation is 1. The molecule has 2 saturated carbocycles. The predicted molar refractivity (Wildman–Crippen MR) is 99.2 cm³/mol. The molecular formula is C22H31NO2. The zero-order valence-electron chi connectivity index (χ0n) is 15.6. The molecule has 1 saturated heterocycles. The first kappa shape index (κ1) is 17.1. The van der Waals surface area contributed by atoms with E-state index in [4.69, 9.17) is 0 Å². The van der Waals surface area contributed by atoms with Gasteiger partial charge in [0.1, 0.15) is 0 Å². The molecule has 1 N–H and O–H groups in total. The lowest BCUT2D eigenvalue weighted by molar-refractivity contribution is -0.163. The Balaban J connectivity index is 1.24. The second-order valence-corrected chi connectivity index (χ2v) is 9.43. The van der Waals surface area contributed by atoms with E-state index < -0.39 is 5.60 Å². The van der Waals surface area contributed by atoms with Crippen molar-refractivity contribution < 1.29 is 9.90 Å². The van der Waals surface area contributed by atoms with Gasteiger partial charge in [-0.25, -0.2) is 0 Å². The molecule has 3 fully saturated rings. The lowest BCUT2D eigenvalue weighted by Crippen LogP contribution is -2.62. The van der Waals surface area contributed by atoms with Crippen molar-refractivity contribution in [2.45, 2.75) is 64.4 Å². The molecule has 0 radical (unpaired) electrons. The molecule has 3 heteroatoms. The van der Waals surface area contributed by atoms with Crippen LogP contribution in [0.3, 0.4) is 0 Å². The number of likely N-dealkylation sites (tertiary alicyclic amines) is 1. The summed E-state index contributed by atoms with van der Waals surface area (Å²) >= 11 is 0. The van der Waals surface area contributed by atoms with Crippen LogP contribution in [0.25, 0.3) is 0 Å². The Morgan fingerprint density at radius 2 is 1.92 bits per heavy atom. The van der Waals surface area contributed by atoms with Crippen molar-refractivity contribution in [2.75, 3.05) is 13.1 Å². The number of nitrogens with zero attached hydrogens (tertiary/aromatic N) is 1. The standard InChI is InChI=1S/C22H31NO2/c1-16-4-3-5-18(10-16)11-17-6-8-22(9-7-17)14-23(15-22)20(24)19-12-21(2,25)13-19/h3-5,10,17,19,25H,6-9,11-15H2,1-2H3. The highest BCUT2D eigenvalue weighted by Crippen LogP contribution is 2.48. The van der Waals surface area contributed by atoms with E-state index in [1.54, 1.807) is 0 Å². The van der Waals surface area contributed by atoms with Gasteiger partial charge in [-0.1, -0.05) is 29.8 Å². The van der Waals surface area contributed by atoms with Gasteiger partial charge in [0.2, 0.25) is 5.91 Å². The average Bonchev–Trinajstić information content (AvgIpc) is 2.51. The van der Waals surface area contributed by atoms with Crippen LogP contribution in [0.1, 0.15) is 56.6 Å². The highest BCUT2D eigenvalue weighted by atomic mass is 16.3. The van der Waals surface area contributed by atoms with Gasteiger partial charge < -0.3 is 10.0 Å². The molecule has 1 heterocycles. The van der Waals surface area contributed by atoms with Crippen LogP contribution in [0.4, 0.5) is 0 Å². The smallest absolute Gasteiger partial charge is 0.225 e. The molecule has 25 heavy (non-hydrogen) atoms. The first-order chi connectivity index (χ1) is 11.8. The van der Waals surface area contributed by atoms with E-state index in [1.807, 2.05) is 6.92 Å². The maximum absolute atomic E-state index is 12.5. The van der Waals surface area contributed by atoms with Crippen LogP contribution in [0, 0.1) is 24.2 Å². The predicted octanol–water partition coefficient (Wildman–Crippen LogP) is 3.72. The molecule has 1 aromatic carbocycles. The second kappa shape index (κ2) is 6.12. The fourth-order valence-corrected chi connectivity index (χ4v) is 5.34. The first-order valence-corrected chi connectivity index (χ1v) is 9.91. The molecule has 0 atom stereocenters. The van der Waals surface area contributed by atoms with E-state index in [1.165, 1.54) is 43.2 Å². The first-order valence-electron chi connectivity index (χ1n) is 9.91.